The first-order valence-corrected chi connectivity index (χ1v) is 8.68. The molecule has 1 heterocycles. The molecular formula is C20H15ClF2N4O2. The molecule has 0 bridgehead atoms. The van der Waals surface area contributed by atoms with Crippen LogP contribution < -0.4 is 15.8 Å². The maximum atomic E-state index is 14.0. The monoisotopic (exact) mass is 416 g/mol. The zero-order chi connectivity index (χ0) is 21.1. The van der Waals surface area contributed by atoms with Crippen LogP contribution in [0.5, 0.6) is 11.6 Å². The van der Waals surface area contributed by atoms with Crippen LogP contribution in [0.3, 0.4) is 0 Å². The summed E-state index contributed by atoms with van der Waals surface area (Å²) in [6, 6.07) is 11.0. The highest BCUT2D eigenvalue weighted by Gasteiger charge is 2.20. The van der Waals surface area contributed by atoms with Crippen LogP contribution in [0.1, 0.15) is 21.5 Å². The van der Waals surface area contributed by atoms with Gasteiger partial charge in [-0.2, -0.15) is 4.98 Å². The van der Waals surface area contributed by atoms with Crippen LogP contribution >= 0.6 is 11.6 Å². The Morgan fingerprint density at radius 2 is 1.97 bits per heavy atom. The number of nitrogen functional groups attached to an aromatic ring is 1. The van der Waals surface area contributed by atoms with E-state index in [9.17, 15) is 13.6 Å². The highest BCUT2D eigenvalue weighted by Crippen LogP contribution is 2.30. The Balaban J connectivity index is 1.95. The van der Waals surface area contributed by atoms with E-state index in [1.807, 2.05) is 0 Å². The highest BCUT2D eigenvalue weighted by molar-refractivity contribution is 6.29. The molecule has 2 aromatic carbocycles. The minimum atomic E-state index is -0.905. The van der Waals surface area contributed by atoms with Crippen molar-refractivity contribution in [1.29, 1.82) is 5.41 Å². The number of ether oxygens (including phenoxy) is 1. The van der Waals surface area contributed by atoms with Gasteiger partial charge in [-0.25, -0.2) is 8.78 Å². The zero-order valence-corrected chi connectivity index (χ0v) is 15.8. The Labute approximate surface area is 169 Å². The normalized spacial score (nSPS) is 10.5. The average molecular weight is 417 g/mol. The van der Waals surface area contributed by atoms with Crippen molar-refractivity contribution in [3.63, 3.8) is 0 Å². The number of nitrogens with two attached hydrogens (primary N) is 1. The molecule has 148 valence electrons. The second-order valence-electron chi connectivity index (χ2n) is 6.07. The van der Waals surface area contributed by atoms with E-state index in [1.165, 1.54) is 24.3 Å². The van der Waals surface area contributed by atoms with Crippen molar-refractivity contribution in [1.82, 2.24) is 4.98 Å². The maximum absolute atomic E-state index is 14.0. The second-order valence-corrected chi connectivity index (χ2v) is 6.43. The first kappa shape index (κ1) is 20.2. The number of halogens is 3. The first-order valence-electron chi connectivity index (χ1n) is 8.30. The first-order chi connectivity index (χ1) is 13.7. The molecule has 0 saturated heterocycles. The Morgan fingerprint density at radius 3 is 2.66 bits per heavy atom. The summed E-state index contributed by atoms with van der Waals surface area (Å²) in [7, 11) is 0. The predicted octanol–water partition coefficient (Wildman–Crippen LogP) is 4.65. The lowest BCUT2D eigenvalue weighted by Crippen LogP contribution is -2.16. The molecule has 0 aliphatic carbocycles. The van der Waals surface area contributed by atoms with Gasteiger partial charge < -0.3 is 15.8 Å². The Kier molecular flexibility index (Phi) is 5.74. The van der Waals surface area contributed by atoms with Crippen molar-refractivity contribution in [3.8, 4) is 11.6 Å². The molecule has 1 amide bonds. The minimum absolute atomic E-state index is 0.170. The van der Waals surface area contributed by atoms with E-state index in [2.05, 4.69) is 10.3 Å². The van der Waals surface area contributed by atoms with Crippen molar-refractivity contribution >= 4 is 29.0 Å². The van der Waals surface area contributed by atoms with Crippen molar-refractivity contribution in [2.24, 2.45) is 5.73 Å². The average Bonchev–Trinajstić information content (AvgIpc) is 2.66. The molecule has 3 rings (SSSR count). The summed E-state index contributed by atoms with van der Waals surface area (Å²) in [6.07, 6.45) is 0. The smallest absolute Gasteiger partial charge is 0.261 e. The fourth-order valence-electron chi connectivity index (χ4n) is 2.49. The van der Waals surface area contributed by atoms with Crippen LogP contribution in [0.2, 0.25) is 5.15 Å². The van der Waals surface area contributed by atoms with Gasteiger partial charge in [0.05, 0.1) is 0 Å². The molecule has 0 saturated carbocycles. The lowest BCUT2D eigenvalue weighted by Gasteiger charge is -2.13. The largest absolute Gasteiger partial charge is 0.438 e. The third kappa shape index (κ3) is 4.67. The molecule has 0 spiro atoms. The summed E-state index contributed by atoms with van der Waals surface area (Å²) < 4.78 is 32.9. The fraction of sp³-hybridized carbons (Fsp3) is 0.0500. The SMILES string of the molecule is Cc1cc(F)ccc1Oc1nc(Cl)c(F)cc1C(=O)Nc1cccc(C(=N)N)c1. The molecule has 1 aromatic heterocycles. The molecule has 0 fully saturated rings. The van der Waals surface area contributed by atoms with Crippen LogP contribution in [0, 0.1) is 24.0 Å². The molecule has 0 unspecified atom stereocenters. The number of hydrogen-bond acceptors (Lipinski definition) is 4. The molecule has 0 radical (unpaired) electrons. The van der Waals surface area contributed by atoms with Crippen molar-refractivity contribution in [3.05, 3.63) is 82.0 Å². The predicted molar refractivity (Wildman–Crippen MR) is 106 cm³/mol. The summed E-state index contributed by atoms with van der Waals surface area (Å²) in [5, 5.41) is 9.56. The Bertz CT molecular complexity index is 1120. The Morgan fingerprint density at radius 1 is 1.21 bits per heavy atom. The van der Waals surface area contributed by atoms with E-state index in [-0.39, 0.29) is 23.0 Å². The number of aryl methyl sites for hydroxylation is 1. The summed E-state index contributed by atoms with van der Waals surface area (Å²) in [6.45, 7) is 1.61. The van der Waals surface area contributed by atoms with Gasteiger partial charge >= 0.3 is 0 Å². The van der Waals surface area contributed by atoms with E-state index in [1.54, 1.807) is 25.1 Å². The fourth-order valence-corrected chi connectivity index (χ4v) is 2.62. The number of aromatic nitrogens is 1. The van der Waals surface area contributed by atoms with Gasteiger partial charge in [0.1, 0.15) is 23.0 Å². The number of nitrogens with zero attached hydrogens (tertiary/aromatic N) is 1. The van der Waals surface area contributed by atoms with E-state index >= 15 is 0 Å². The van der Waals surface area contributed by atoms with Gasteiger partial charge in [0, 0.05) is 11.3 Å². The molecule has 4 N–H and O–H groups in total. The summed E-state index contributed by atoms with van der Waals surface area (Å²) in [5.74, 6) is -2.26. The van der Waals surface area contributed by atoms with Gasteiger partial charge in [-0.15, -0.1) is 0 Å². The van der Waals surface area contributed by atoms with Gasteiger partial charge in [0.15, 0.2) is 11.0 Å². The molecule has 0 atom stereocenters. The third-order valence-corrected chi connectivity index (χ3v) is 4.18. The van der Waals surface area contributed by atoms with E-state index in [0.717, 1.165) is 6.07 Å². The Hall–Kier alpha value is -3.52. The van der Waals surface area contributed by atoms with Gasteiger partial charge in [0.25, 0.3) is 5.91 Å². The van der Waals surface area contributed by atoms with E-state index in [4.69, 9.17) is 27.5 Å². The minimum Gasteiger partial charge on any atom is -0.438 e. The van der Waals surface area contributed by atoms with Crippen LogP contribution in [-0.4, -0.2) is 16.7 Å². The summed E-state index contributed by atoms with van der Waals surface area (Å²) in [5.41, 5.74) is 6.42. The number of anilines is 1. The molecule has 6 nitrogen and oxygen atoms in total. The van der Waals surface area contributed by atoms with Crippen LogP contribution in [0.15, 0.2) is 48.5 Å². The van der Waals surface area contributed by atoms with Gasteiger partial charge in [-0.1, -0.05) is 23.7 Å². The van der Waals surface area contributed by atoms with E-state index in [0.29, 0.717) is 16.8 Å². The molecule has 0 aliphatic heterocycles. The molecule has 0 aliphatic rings. The number of benzene rings is 2. The van der Waals surface area contributed by atoms with Gasteiger partial charge in [-0.3, -0.25) is 10.2 Å². The van der Waals surface area contributed by atoms with Crippen molar-refractivity contribution in [2.75, 3.05) is 5.32 Å². The third-order valence-electron chi connectivity index (χ3n) is 3.92. The molecule has 9 heteroatoms. The zero-order valence-electron chi connectivity index (χ0n) is 15.1. The van der Waals surface area contributed by atoms with Gasteiger partial charge in [-0.05, 0) is 48.9 Å². The van der Waals surface area contributed by atoms with E-state index < -0.39 is 22.7 Å². The highest BCUT2D eigenvalue weighted by atomic mass is 35.5. The number of amidine groups is 1. The number of carbonyl (C=O) groups excluding carboxylic acids is 1. The van der Waals surface area contributed by atoms with Crippen molar-refractivity contribution in [2.45, 2.75) is 6.92 Å². The lowest BCUT2D eigenvalue weighted by atomic mass is 10.1. The number of hydrogen-bond donors (Lipinski definition) is 3. The van der Waals surface area contributed by atoms with Crippen LogP contribution in [0.25, 0.3) is 0 Å². The quantitative estimate of drug-likeness (QED) is 0.320. The molecule has 3 aromatic rings. The summed E-state index contributed by atoms with van der Waals surface area (Å²) >= 11 is 5.74. The van der Waals surface area contributed by atoms with Gasteiger partial charge in [0.2, 0.25) is 5.88 Å². The standard InChI is InChI=1S/C20H15ClF2N4O2/c1-10-7-12(22)5-6-16(10)29-20-14(9-15(23)17(21)27-20)19(28)26-13-4-2-3-11(8-13)18(24)25/h2-9H,1H3,(H3,24,25)(H,26,28). The lowest BCUT2D eigenvalue weighted by molar-refractivity contribution is 0.102. The number of carbonyl (C=O) groups is 1. The topological polar surface area (TPSA) is 101 Å². The molecule has 29 heavy (non-hydrogen) atoms. The number of rotatable bonds is 5. The second kappa shape index (κ2) is 8.24. The number of pyridine rings is 1. The van der Waals surface area contributed by atoms with Crippen molar-refractivity contribution < 1.29 is 18.3 Å². The molecular weight excluding hydrogens is 402 g/mol. The van der Waals surface area contributed by atoms with Crippen LogP contribution in [0.4, 0.5) is 14.5 Å². The number of nitrogens with one attached hydrogen (secondary N) is 2. The van der Waals surface area contributed by atoms with Crippen LogP contribution in [-0.2, 0) is 0 Å². The summed E-state index contributed by atoms with van der Waals surface area (Å²) in [4.78, 5) is 16.5. The maximum Gasteiger partial charge on any atom is 0.261 e. The number of amides is 1.